The van der Waals surface area contributed by atoms with Crippen LogP contribution in [0.2, 0.25) is 0 Å². The van der Waals surface area contributed by atoms with Crippen LogP contribution in [0, 0.1) is 11.3 Å². The number of nitriles is 1. The first kappa shape index (κ1) is 16.7. The number of carbonyl (C=O) groups is 3. The van der Waals surface area contributed by atoms with Crippen LogP contribution in [0.4, 0.5) is 11.4 Å². The topological polar surface area (TPSA) is 108 Å². The van der Waals surface area contributed by atoms with Crippen molar-refractivity contribution in [2.75, 3.05) is 17.7 Å². The van der Waals surface area contributed by atoms with Crippen molar-refractivity contribution in [3.05, 3.63) is 59.7 Å². The summed E-state index contributed by atoms with van der Waals surface area (Å²) in [6.07, 6.45) is 0. The van der Waals surface area contributed by atoms with Crippen molar-refractivity contribution in [2.24, 2.45) is 0 Å². The second kappa shape index (κ2) is 7.56. The van der Waals surface area contributed by atoms with Gasteiger partial charge in [0.1, 0.15) is 6.07 Å². The largest absolute Gasteiger partial charge is 0.465 e. The molecule has 0 radical (unpaired) electrons. The highest BCUT2D eigenvalue weighted by Crippen LogP contribution is 2.17. The van der Waals surface area contributed by atoms with Crippen LogP contribution in [-0.4, -0.2) is 24.9 Å². The smallest absolute Gasteiger partial charge is 0.339 e. The maximum Gasteiger partial charge on any atom is 0.339 e. The lowest BCUT2D eigenvalue weighted by atomic mass is 10.1. The highest BCUT2D eigenvalue weighted by atomic mass is 16.5. The van der Waals surface area contributed by atoms with Gasteiger partial charge in [-0.25, -0.2) is 4.79 Å². The van der Waals surface area contributed by atoms with Crippen LogP contribution in [0.25, 0.3) is 0 Å². The third-order valence-corrected chi connectivity index (χ3v) is 3.08. The zero-order chi connectivity index (χ0) is 17.5. The van der Waals surface area contributed by atoms with Crippen molar-refractivity contribution in [2.45, 2.75) is 0 Å². The van der Waals surface area contributed by atoms with Crippen LogP contribution in [0.15, 0.2) is 48.5 Å². The molecule has 0 fully saturated rings. The molecule has 0 atom stereocenters. The molecule has 2 rings (SSSR count). The second-order valence-electron chi connectivity index (χ2n) is 4.60. The summed E-state index contributed by atoms with van der Waals surface area (Å²) in [6.45, 7) is 0. The molecule has 7 nitrogen and oxygen atoms in total. The molecule has 0 aliphatic heterocycles. The minimum Gasteiger partial charge on any atom is -0.465 e. The molecule has 2 aromatic carbocycles. The number of hydrogen-bond donors (Lipinski definition) is 2. The van der Waals surface area contributed by atoms with E-state index in [1.165, 1.54) is 31.4 Å². The van der Waals surface area contributed by atoms with Crippen molar-refractivity contribution < 1.29 is 19.1 Å². The van der Waals surface area contributed by atoms with E-state index in [0.717, 1.165) is 0 Å². The molecule has 120 valence electrons. The molecule has 0 spiro atoms. The van der Waals surface area contributed by atoms with E-state index in [1.54, 1.807) is 24.3 Å². The molecule has 0 unspecified atom stereocenters. The Morgan fingerprint density at radius 3 is 2.08 bits per heavy atom. The number of benzene rings is 2. The van der Waals surface area contributed by atoms with Crippen LogP contribution in [0.5, 0.6) is 0 Å². The molecule has 0 aliphatic carbocycles. The molecule has 2 N–H and O–H groups in total. The fourth-order valence-electron chi connectivity index (χ4n) is 1.93. The molecule has 0 saturated heterocycles. The molecule has 2 aromatic rings. The van der Waals surface area contributed by atoms with Crippen molar-refractivity contribution in [1.82, 2.24) is 0 Å². The number of ether oxygens (including phenoxy) is 1. The standard InChI is InChI=1S/C17H13N3O4/c1-24-17(23)12-7-3-5-9-14(12)20-16(22)15(21)19-13-8-4-2-6-11(13)10-18/h2-9H,1H3,(H,19,21)(H,20,22). The zero-order valence-electron chi connectivity index (χ0n) is 12.7. The fraction of sp³-hybridized carbons (Fsp3) is 0.0588. The van der Waals surface area contributed by atoms with Crippen LogP contribution < -0.4 is 10.6 Å². The molecule has 7 heteroatoms. The Morgan fingerprint density at radius 2 is 1.46 bits per heavy atom. The maximum absolute atomic E-state index is 12.0. The van der Waals surface area contributed by atoms with Crippen LogP contribution in [0.1, 0.15) is 15.9 Å². The Bertz CT molecular complexity index is 840. The van der Waals surface area contributed by atoms with Crippen LogP contribution >= 0.6 is 0 Å². The van der Waals surface area contributed by atoms with Gasteiger partial charge >= 0.3 is 17.8 Å². The third-order valence-electron chi connectivity index (χ3n) is 3.08. The van der Waals surface area contributed by atoms with E-state index in [0.29, 0.717) is 0 Å². The van der Waals surface area contributed by atoms with Crippen molar-refractivity contribution >= 4 is 29.2 Å². The fourth-order valence-corrected chi connectivity index (χ4v) is 1.93. The van der Waals surface area contributed by atoms with E-state index in [-0.39, 0.29) is 22.5 Å². The first-order valence-corrected chi connectivity index (χ1v) is 6.85. The lowest BCUT2D eigenvalue weighted by Crippen LogP contribution is -2.30. The molecule has 24 heavy (non-hydrogen) atoms. The number of amides is 2. The van der Waals surface area contributed by atoms with E-state index >= 15 is 0 Å². The maximum atomic E-state index is 12.0. The van der Waals surface area contributed by atoms with Gasteiger partial charge in [0.05, 0.1) is 29.6 Å². The number of carbonyl (C=O) groups excluding carboxylic acids is 3. The number of hydrogen-bond acceptors (Lipinski definition) is 5. The van der Waals surface area contributed by atoms with Gasteiger partial charge in [0.2, 0.25) is 0 Å². The van der Waals surface area contributed by atoms with E-state index in [2.05, 4.69) is 15.4 Å². The quantitative estimate of drug-likeness (QED) is 0.662. The van der Waals surface area contributed by atoms with Gasteiger partial charge in [-0.15, -0.1) is 0 Å². The van der Waals surface area contributed by atoms with Crippen LogP contribution in [0.3, 0.4) is 0 Å². The summed E-state index contributed by atoms with van der Waals surface area (Å²) >= 11 is 0. The Hall–Kier alpha value is -3.66. The van der Waals surface area contributed by atoms with Gasteiger partial charge in [0, 0.05) is 0 Å². The highest BCUT2D eigenvalue weighted by molar-refractivity contribution is 6.44. The van der Waals surface area contributed by atoms with Gasteiger partial charge in [0.25, 0.3) is 0 Å². The average Bonchev–Trinajstić information content (AvgIpc) is 2.61. The molecule has 0 aromatic heterocycles. The molecule has 0 saturated carbocycles. The van der Waals surface area contributed by atoms with Crippen molar-refractivity contribution in [3.8, 4) is 6.07 Å². The minimum absolute atomic E-state index is 0.124. The first-order valence-electron chi connectivity index (χ1n) is 6.85. The predicted molar refractivity (Wildman–Crippen MR) is 86.2 cm³/mol. The Kier molecular flexibility index (Phi) is 5.26. The summed E-state index contributed by atoms with van der Waals surface area (Å²) in [7, 11) is 1.21. The first-order chi connectivity index (χ1) is 11.6. The Balaban J connectivity index is 2.15. The number of methoxy groups -OCH3 is 1. The number of nitrogens with zero attached hydrogens (tertiary/aromatic N) is 1. The summed E-state index contributed by atoms with van der Waals surface area (Å²) < 4.78 is 4.62. The molecule has 0 heterocycles. The van der Waals surface area contributed by atoms with Crippen LogP contribution in [-0.2, 0) is 14.3 Å². The lowest BCUT2D eigenvalue weighted by molar-refractivity contribution is -0.133. The number of nitrogens with one attached hydrogen (secondary N) is 2. The van der Waals surface area contributed by atoms with Gasteiger partial charge in [-0.05, 0) is 24.3 Å². The summed E-state index contributed by atoms with van der Waals surface area (Å²) in [6, 6.07) is 14.3. The monoisotopic (exact) mass is 323 g/mol. The van der Waals surface area contributed by atoms with Gasteiger partial charge in [-0.1, -0.05) is 24.3 Å². The molecular formula is C17H13N3O4. The normalized spacial score (nSPS) is 9.50. The summed E-state index contributed by atoms with van der Waals surface area (Å²) in [4.78, 5) is 35.7. The van der Waals surface area contributed by atoms with E-state index < -0.39 is 17.8 Å². The van der Waals surface area contributed by atoms with Crippen molar-refractivity contribution in [3.63, 3.8) is 0 Å². The number of para-hydroxylation sites is 2. The van der Waals surface area contributed by atoms with Crippen molar-refractivity contribution in [1.29, 1.82) is 5.26 Å². The van der Waals surface area contributed by atoms with E-state index in [1.807, 2.05) is 6.07 Å². The Labute approximate surface area is 137 Å². The number of anilines is 2. The SMILES string of the molecule is COC(=O)c1ccccc1NC(=O)C(=O)Nc1ccccc1C#N. The molecule has 0 bridgehead atoms. The number of rotatable bonds is 3. The van der Waals surface area contributed by atoms with Gasteiger partial charge in [0.15, 0.2) is 0 Å². The second-order valence-corrected chi connectivity index (χ2v) is 4.60. The zero-order valence-corrected chi connectivity index (χ0v) is 12.7. The minimum atomic E-state index is -0.973. The molecule has 2 amide bonds. The number of esters is 1. The highest BCUT2D eigenvalue weighted by Gasteiger charge is 2.19. The van der Waals surface area contributed by atoms with Gasteiger partial charge in [-0.3, -0.25) is 9.59 Å². The summed E-state index contributed by atoms with van der Waals surface area (Å²) in [5, 5.41) is 13.7. The Morgan fingerprint density at radius 1 is 0.917 bits per heavy atom. The third kappa shape index (κ3) is 3.75. The predicted octanol–water partition coefficient (Wildman–Crippen LogP) is 1.92. The molecular weight excluding hydrogens is 310 g/mol. The average molecular weight is 323 g/mol. The summed E-state index contributed by atoms with van der Waals surface area (Å²) in [5.41, 5.74) is 0.728. The summed E-state index contributed by atoms with van der Waals surface area (Å²) in [5.74, 6) is -2.57. The van der Waals surface area contributed by atoms with E-state index in [9.17, 15) is 14.4 Å². The molecule has 0 aliphatic rings. The van der Waals surface area contributed by atoms with Gasteiger partial charge in [-0.2, -0.15) is 5.26 Å². The van der Waals surface area contributed by atoms with E-state index in [4.69, 9.17) is 5.26 Å². The lowest BCUT2D eigenvalue weighted by Gasteiger charge is -2.10. The van der Waals surface area contributed by atoms with Gasteiger partial charge < -0.3 is 15.4 Å².